The van der Waals surface area contributed by atoms with Crippen LogP contribution < -0.4 is 9.47 Å². The second kappa shape index (κ2) is 6.05. The Morgan fingerprint density at radius 1 is 0.889 bits per heavy atom. The van der Waals surface area contributed by atoms with E-state index in [1.807, 2.05) is 31.2 Å². The Bertz CT molecular complexity index is 494. The summed E-state index contributed by atoms with van der Waals surface area (Å²) in [6.07, 6.45) is 0. The van der Waals surface area contributed by atoms with Crippen molar-refractivity contribution in [2.24, 2.45) is 0 Å². The predicted octanol–water partition coefficient (Wildman–Crippen LogP) is 3.80. The van der Waals surface area contributed by atoms with Crippen LogP contribution in [0, 0.1) is 5.82 Å². The molecule has 0 unspecified atom stereocenters. The minimum Gasteiger partial charge on any atom is -0.494 e. The van der Waals surface area contributed by atoms with E-state index in [-0.39, 0.29) is 12.4 Å². The summed E-state index contributed by atoms with van der Waals surface area (Å²) in [5.41, 5.74) is 0.548. The van der Waals surface area contributed by atoms with Gasteiger partial charge in [-0.25, -0.2) is 4.39 Å². The van der Waals surface area contributed by atoms with E-state index in [0.29, 0.717) is 17.9 Å². The van der Waals surface area contributed by atoms with Crippen molar-refractivity contribution in [3.63, 3.8) is 0 Å². The largest absolute Gasteiger partial charge is 0.494 e. The Hall–Kier alpha value is -2.03. The molecular formula is C15H15FO2. The van der Waals surface area contributed by atoms with Gasteiger partial charge >= 0.3 is 0 Å². The lowest BCUT2D eigenvalue weighted by Crippen LogP contribution is -1.98. The van der Waals surface area contributed by atoms with Gasteiger partial charge in [0, 0.05) is 5.56 Å². The summed E-state index contributed by atoms with van der Waals surface area (Å²) in [5.74, 6) is 1.25. The van der Waals surface area contributed by atoms with Crippen LogP contribution in [0.25, 0.3) is 0 Å². The number of hydrogen-bond donors (Lipinski definition) is 0. The molecule has 0 aliphatic heterocycles. The maximum Gasteiger partial charge on any atom is 0.129 e. The fraction of sp³-hybridized carbons (Fsp3) is 0.200. The third-order valence-corrected chi connectivity index (χ3v) is 2.49. The van der Waals surface area contributed by atoms with Crippen molar-refractivity contribution >= 4 is 0 Å². The SMILES string of the molecule is CCOc1ccc(OCc2ccccc2F)cc1. The Morgan fingerprint density at radius 3 is 2.11 bits per heavy atom. The first-order chi connectivity index (χ1) is 8.79. The molecule has 18 heavy (non-hydrogen) atoms. The van der Waals surface area contributed by atoms with Gasteiger partial charge in [-0.1, -0.05) is 18.2 Å². The molecule has 0 amide bonds. The molecule has 94 valence electrons. The normalized spacial score (nSPS) is 10.1. The first-order valence-corrected chi connectivity index (χ1v) is 5.88. The molecule has 0 aliphatic carbocycles. The van der Waals surface area contributed by atoms with Gasteiger partial charge < -0.3 is 9.47 Å². The Balaban J connectivity index is 1.96. The Morgan fingerprint density at radius 2 is 1.50 bits per heavy atom. The standard InChI is InChI=1S/C15H15FO2/c1-2-17-13-7-9-14(10-8-13)18-11-12-5-3-4-6-15(12)16/h3-10H,2,11H2,1H3. The molecule has 0 saturated heterocycles. The van der Waals surface area contributed by atoms with Crippen molar-refractivity contribution < 1.29 is 13.9 Å². The second-order valence-electron chi connectivity index (χ2n) is 3.78. The van der Waals surface area contributed by atoms with E-state index in [9.17, 15) is 4.39 Å². The second-order valence-corrected chi connectivity index (χ2v) is 3.78. The van der Waals surface area contributed by atoms with Crippen molar-refractivity contribution in [2.45, 2.75) is 13.5 Å². The van der Waals surface area contributed by atoms with Crippen LogP contribution >= 0.6 is 0 Å². The average Bonchev–Trinajstić information content (AvgIpc) is 2.40. The zero-order valence-corrected chi connectivity index (χ0v) is 10.2. The van der Waals surface area contributed by atoms with Crippen LogP contribution in [0.1, 0.15) is 12.5 Å². The van der Waals surface area contributed by atoms with E-state index in [2.05, 4.69) is 0 Å². The highest BCUT2D eigenvalue weighted by Gasteiger charge is 2.01. The smallest absolute Gasteiger partial charge is 0.129 e. The van der Waals surface area contributed by atoms with E-state index in [1.54, 1.807) is 18.2 Å². The van der Waals surface area contributed by atoms with Gasteiger partial charge in [-0.05, 0) is 37.3 Å². The zero-order chi connectivity index (χ0) is 12.8. The summed E-state index contributed by atoms with van der Waals surface area (Å²) in [4.78, 5) is 0. The zero-order valence-electron chi connectivity index (χ0n) is 10.2. The van der Waals surface area contributed by atoms with E-state index in [0.717, 1.165) is 5.75 Å². The average molecular weight is 246 g/mol. The highest BCUT2D eigenvalue weighted by molar-refractivity contribution is 5.31. The lowest BCUT2D eigenvalue weighted by Gasteiger charge is -2.08. The fourth-order valence-corrected chi connectivity index (χ4v) is 1.58. The monoisotopic (exact) mass is 246 g/mol. The predicted molar refractivity (Wildman–Crippen MR) is 68.3 cm³/mol. The van der Waals surface area contributed by atoms with Crippen molar-refractivity contribution in [3.8, 4) is 11.5 Å². The van der Waals surface area contributed by atoms with Gasteiger partial charge in [0.2, 0.25) is 0 Å². The van der Waals surface area contributed by atoms with Crippen LogP contribution in [-0.4, -0.2) is 6.61 Å². The molecule has 0 aromatic heterocycles. The molecule has 0 heterocycles. The summed E-state index contributed by atoms with van der Waals surface area (Å²) in [6, 6.07) is 13.9. The van der Waals surface area contributed by atoms with E-state index >= 15 is 0 Å². The number of rotatable bonds is 5. The third kappa shape index (κ3) is 3.23. The summed E-state index contributed by atoms with van der Waals surface area (Å²) in [6.45, 7) is 2.79. The van der Waals surface area contributed by atoms with Crippen molar-refractivity contribution in [3.05, 3.63) is 59.9 Å². The van der Waals surface area contributed by atoms with Crippen LogP contribution in [-0.2, 0) is 6.61 Å². The van der Waals surface area contributed by atoms with E-state index in [1.165, 1.54) is 6.07 Å². The summed E-state index contributed by atoms with van der Waals surface area (Å²) in [7, 11) is 0. The number of benzene rings is 2. The molecule has 2 nitrogen and oxygen atoms in total. The lowest BCUT2D eigenvalue weighted by atomic mass is 10.2. The highest BCUT2D eigenvalue weighted by Crippen LogP contribution is 2.19. The molecule has 0 aliphatic rings. The minimum atomic E-state index is -0.247. The topological polar surface area (TPSA) is 18.5 Å². The van der Waals surface area contributed by atoms with E-state index in [4.69, 9.17) is 9.47 Å². The molecule has 0 N–H and O–H groups in total. The molecule has 0 atom stereocenters. The van der Waals surface area contributed by atoms with Gasteiger partial charge in [0.25, 0.3) is 0 Å². The van der Waals surface area contributed by atoms with E-state index < -0.39 is 0 Å². The maximum absolute atomic E-state index is 13.4. The van der Waals surface area contributed by atoms with Crippen molar-refractivity contribution in [1.29, 1.82) is 0 Å². The van der Waals surface area contributed by atoms with Gasteiger partial charge in [0.05, 0.1) is 6.61 Å². The van der Waals surface area contributed by atoms with Gasteiger partial charge in [-0.2, -0.15) is 0 Å². The first kappa shape index (κ1) is 12.4. The maximum atomic E-state index is 13.4. The van der Waals surface area contributed by atoms with Crippen LogP contribution in [0.3, 0.4) is 0 Å². The molecule has 2 aromatic carbocycles. The molecule has 0 radical (unpaired) electrons. The summed E-state index contributed by atoms with van der Waals surface area (Å²) in [5, 5.41) is 0. The van der Waals surface area contributed by atoms with Gasteiger partial charge in [-0.15, -0.1) is 0 Å². The quantitative estimate of drug-likeness (QED) is 0.798. The molecule has 3 heteroatoms. The molecule has 2 aromatic rings. The number of ether oxygens (including phenoxy) is 2. The molecule has 0 spiro atoms. The van der Waals surface area contributed by atoms with Crippen LogP contribution in [0.2, 0.25) is 0 Å². The van der Waals surface area contributed by atoms with Crippen molar-refractivity contribution in [1.82, 2.24) is 0 Å². The fourth-order valence-electron chi connectivity index (χ4n) is 1.58. The van der Waals surface area contributed by atoms with Crippen molar-refractivity contribution in [2.75, 3.05) is 6.61 Å². The lowest BCUT2D eigenvalue weighted by molar-refractivity contribution is 0.298. The highest BCUT2D eigenvalue weighted by atomic mass is 19.1. The number of hydrogen-bond acceptors (Lipinski definition) is 2. The third-order valence-electron chi connectivity index (χ3n) is 2.49. The van der Waals surface area contributed by atoms with Crippen LogP contribution in [0.5, 0.6) is 11.5 Å². The van der Waals surface area contributed by atoms with Crippen LogP contribution in [0.4, 0.5) is 4.39 Å². The van der Waals surface area contributed by atoms with Crippen LogP contribution in [0.15, 0.2) is 48.5 Å². The molecule has 0 fully saturated rings. The molecule has 0 bridgehead atoms. The van der Waals surface area contributed by atoms with Gasteiger partial charge in [0.15, 0.2) is 0 Å². The Kier molecular flexibility index (Phi) is 4.18. The van der Waals surface area contributed by atoms with Gasteiger partial charge in [-0.3, -0.25) is 0 Å². The molecule has 2 rings (SSSR count). The first-order valence-electron chi connectivity index (χ1n) is 5.88. The number of halogens is 1. The minimum absolute atomic E-state index is 0.223. The van der Waals surface area contributed by atoms with Gasteiger partial charge in [0.1, 0.15) is 23.9 Å². The molecule has 0 saturated carbocycles. The molecular weight excluding hydrogens is 231 g/mol. The summed E-state index contributed by atoms with van der Waals surface area (Å²) < 4.78 is 24.2. The summed E-state index contributed by atoms with van der Waals surface area (Å²) >= 11 is 0. The Labute approximate surface area is 106 Å².